The topological polar surface area (TPSA) is 32.3 Å². The van der Waals surface area contributed by atoms with E-state index >= 15 is 0 Å². The molecule has 15 heavy (non-hydrogen) atoms. The Balaban J connectivity index is 2.04. The van der Waals surface area contributed by atoms with Crippen LogP contribution in [0.2, 0.25) is 0 Å². The first kappa shape index (κ1) is 10.9. The highest BCUT2D eigenvalue weighted by atomic mass is 16.2. The third kappa shape index (κ3) is 2.17. The van der Waals surface area contributed by atoms with Crippen LogP contribution >= 0.6 is 0 Å². The summed E-state index contributed by atoms with van der Waals surface area (Å²) in [6.45, 7) is 4.07. The minimum Gasteiger partial charge on any atom is -0.323 e. The fourth-order valence-corrected chi connectivity index (χ4v) is 2.96. The van der Waals surface area contributed by atoms with Gasteiger partial charge in [0.05, 0.1) is 12.2 Å². The van der Waals surface area contributed by atoms with Crippen molar-refractivity contribution in [2.75, 3.05) is 0 Å². The van der Waals surface area contributed by atoms with E-state index in [9.17, 15) is 4.79 Å². The van der Waals surface area contributed by atoms with Crippen LogP contribution in [-0.4, -0.2) is 29.1 Å². The van der Waals surface area contributed by atoms with Gasteiger partial charge in [0.1, 0.15) is 0 Å². The van der Waals surface area contributed by atoms with E-state index in [1.54, 1.807) is 0 Å². The van der Waals surface area contributed by atoms with E-state index in [4.69, 9.17) is 0 Å². The Bertz CT molecular complexity index is 234. The van der Waals surface area contributed by atoms with Crippen LogP contribution in [0.25, 0.3) is 0 Å². The molecule has 0 radical (unpaired) electrons. The molecule has 2 unspecified atom stereocenters. The molecule has 1 amide bonds. The summed E-state index contributed by atoms with van der Waals surface area (Å²) in [5.74, 6) is 0.300. The van der Waals surface area contributed by atoms with E-state index in [2.05, 4.69) is 17.1 Å². The fourth-order valence-electron chi connectivity index (χ4n) is 2.96. The molecule has 2 atom stereocenters. The standard InChI is InChI=1S/C12H22N2O/c1-9-12(15)14(10(2)13-9)11-7-5-3-4-6-8-11/h9-11,13H,3-8H2,1-2H3. The monoisotopic (exact) mass is 210 g/mol. The van der Waals surface area contributed by atoms with Gasteiger partial charge in [-0.2, -0.15) is 0 Å². The van der Waals surface area contributed by atoms with Crippen molar-refractivity contribution in [2.45, 2.75) is 70.6 Å². The first-order chi connectivity index (χ1) is 7.20. The molecule has 1 saturated heterocycles. The number of hydrogen-bond donors (Lipinski definition) is 1. The SMILES string of the molecule is CC1NC(C)N(C2CCCCCC2)C1=O. The lowest BCUT2D eigenvalue weighted by atomic mass is 10.1. The second-order valence-corrected chi connectivity index (χ2v) is 4.96. The number of carbonyl (C=O) groups is 1. The molecule has 0 spiro atoms. The van der Waals surface area contributed by atoms with Crippen LogP contribution in [0.1, 0.15) is 52.4 Å². The molecular weight excluding hydrogens is 188 g/mol. The van der Waals surface area contributed by atoms with Crippen LogP contribution in [0.5, 0.6) is 0 Å². The zero-order chi connectivity index (χ0) is 10.8. The van der Waals surface area contributed by atoms with Crippen molar-refractivity contribution in [3.63, 3.8) is 0 Å². The molecule has 86 valence electrons. The number of nitrogens with one attached hydrogen (secondary N) is 1. The number of carbonyl (C=O) groups excluding carboxylic acids is 1. The zero-order valence-corrected chi connectivity index (χ0v) is 9.83. The summed E-state index contributed by atoms with van der Waals surface area (Å²) in [7, 11) is 0. The number of nitrogens with zero attached hydrogens (tertiary/aromatic N) is 1. The Morgan fingerprint density at radius 3 is 2.20 bits per heavy atom. The van der Waals surface area contributed by atoms with Crippen molar-refractivity contribution >= 4 is 5.91 Å². The third-order valence-electron chi connectivity index (χ3n) is 3.75. The van der Waals surface area contributed by atoms with Gasteiger partial charge >= 0.3 is 0 Å². The second kappa shape index (κ2) is 4.52. The molecule has 0 aromatic heterocycles. The Labute approximate surface area is 92.2 Å². The lowest BCUT2D eigenvalue weighted by Gasteiger charge is -2.30. The van der Waals surface area contributed by atoms with Crippen LogP contribution in [0, 0.1) is 0 Å². The summed E-state index contributed by atoms with van der Waals surface area (Å²) in [5, 5.41) is 3.31. The highest BCUT2D eigenvalue weighted by molar-refractivity contribution is 5.84. The van der Waals surface area contributed by atoms with Gasteiger partial charge in [-0.25, -0.2) is 0 Å². The van der Waals surface area contributed by atoms with E-state index in [0.29, 0.717) is 11.9 Å². The normalized spacial score (nSPS) is 34.5. The zero-order valence-electron chi connectivity index (χ0n) is 9.83. The van der Waals surface area contributed by atoms with Gasteiger partial charge in [-0.3, -0.25) is 10.1 Å². The predicted octanol–water partition coefficient (Wildman–Crippen LogP) is 1.88. The van der Waals surface area contributed by atoms with Crippen molar-refractivity contribution < 1.29 is 4.79 Å². The molecule has 1 aliphatic carbocycles. The summed E-state index contributed by atoms with van der Waals surface area (Å²) >= 11 is 0. The largest absolute Gasteiger partial charge is 0.323 e. The summed E-state index contributed by atoms with van der Waals surface area (Å²) in [6.07, 6.45) is 7.89. The summed E-state index contributed by atoms with van der Waals surface area (Å²) < 4.78 is 0. The van der Waals surface area contributed by atoms with E-state index in [1.807, 2.05) is 6.92 Å². The van der Waals surface area contributed by atoms with Gasteiger partial charge in [-0.15, -0.1) is 0 Å². The van der Waals surface area contributed by atoms with Crippen LogP contribution in [0.15, 0.2) is 0 Å². The van der Waals surface area contributed by atoms with Crippen molar-refractivity contribution in [3.8, 4) is 0 Å². The Morgan fingerprint density at radius 1 is 1.13 bits per heavy atom. The van der Waals surface area contributed by atoms with Gasteiger partial charge in [0.25, 0.3) is 0 Å². The van der Waals surface area contributed by atoms with E-state index in [0.717, 1.165) is 0 Å². The molecule has 3 nitrogen and oxygen atoms in total. The molecule has 1 aliphatic heterocycles. The van der Waals surface area contributed by atoms with E-state index in [1.165, 1.54) is 38.5 Å². The van der Waals surface area contributed by atoms with Gasteiger partial charge in [-0.1, -0.05) is 25.7 Å². The molecule has 2 rings (SSSR count). The first-order valence-corrected chi connectivity index (χ1v) is 6.28. The Hall–Kier alpha value is -0.570. The lowest BCUT2D eigenvalue weighted by molar-refractivity contribution is -0.132. The maximum Gasteiger partial charge on any atom is 0.240 e. The van der Waals surface area contributed by atoms with Crippen LogP contribution < -0.4 is 5.32 Å². The van der Waals surface area contributed by atoms with Crippen molar-refractivity contribution in [3.05, 3.63) is 0 Å². The molecule has 1 N–H and O–H groups in total. The van der Waals surface area contributed by atoms with Gasteiger partial charge < -0.3 is 4.90 Å². The molecular formula is C12H22N2O. The van der Waals surface area contributed by atoms with Crippen LogP contribution in [0.3, 0.4) is 0 Å². The highest BCUT2D eigenvalue weighted by Crippen LogP contribution is 2.25. The highest BCUT2D eigenvalue weighted by Gasteiger charge is 2.37. The maximum absolute atomic E-state index is 12.0. The minimum absolute atomic E-state index is 0.0169. The molecule has 1 saturated carbocycles. The maximum atomic E-state index is 12.0. The summed E-state index contributed by atoms with van der Waals surface area (Å²) in [6, 6.07) is 0.510. The van der Waals surface area contributed by atoms with E-state index < -0.39 is 0 Å². The van der Waals surface area contributed by atoms with Gasteiger partial charge in [0.15, 0.2) is 0 Å². The molecule has 2 fully saturated rings. The molecule has 0 bridgehead atoms. The second-order valence-electron chi connectivity index (χ2n) is 4.96. The van der Waals surface area contributed by atoms with Gasteiger partial charge in [-0.05, 0) is 26.7 Å². The molecule has 1 heterocycles. The lowest BCUT2D eigenvalue weighted by Crippen LogP contribution is -2.42. The Morgan fingerprint density at radius 2 is 1.73 bits per heavy atom. The Kier molecular flexibility index (Phi) is 3.29. The van der Waals surface area contributed by atoms with Crippen molar-refractivity contribution in [1.82, 2.24) is 10.2 Å². The predicted molar refractivity (Wildman–Crippen MR) is 60.4 cm³/mol. The fraction of sp³-hybridized carbons (Fsp3) is 0.917. The van der Waals surface area contributed by atoms with Crippen molar-refractivity contribution in [2.24, 2.45) is 0 Å². The smallest absolute Gasteiger partial charge is 0.240 e. The summed E-state index contributed by atoms with van der Waals surface area (Å²) in [5.41, 5.74) is 0. The molecule has 0 aromatic carbocycles. The van der Waals surface area contributed by atoms with Gasteiger partial charge in [0, 0.05) is 6.04 Å². The average molecular weight is 210 g/mol. The number of amides is 1. The minimum atomic E-state index is 0.0169. The van der Waals surface area contributed by atoms with Crippen LogP contribution in [0.4, 0.5) is 0 Å². The first-order valence-electron chi connectivity index (χ1n) is 6.28. The average Bonchev–Trinajstić information content (AvgIpc) is 2.46. The number of hydrogen-bond acceptors (Lipinski definition) is 2. The van der Waals surface area contributed by atoms with Gasteiger partial charge in [0.2, 0.25) is 5.91 Å². The van der Waals surface area contributed by atoms with E-state index in [-0.39, 0.29) is 12.2 Å². The van der Waals surface area contributed by atoms with Crippen LogP contribution in [-0.2, 0) is 4.79 Å². The molecule has 3 heteroatoms. The number of rotatable bonds is 1. The third-order valence-corrected chi connectivity index (χ3v) is 3.75. The molecule has 0 aromatic rings. The quantitative estimate of drug-likeness (QED) is 0.670. The molecule has 2 aliphatic rings. The summed E-state index contributed by atoms with van der Waals surface area (Å²) in [4.78, 5) is 14.1. The van der Waals surface area contributed by atoms with Crippen molar-refractivity contribution in [1.29, 1.82) is 0 Å².